The number of anilines is 2. The monoisotopic (exact) mass is 326 g/mol. The lowest BCUT2D eigenvalue weighted by Crippen LogP contribution is -2.36. The van der Waals surface area contributed by atoms with Gasteiger partial charge in [0.05, 0.1) is 4.47 Å². The van der Waals surface area contributed by atoms with Gasteiger partial charge in [0.25, 0.3) is 0 Å². The highest BCUT2D eigenvalue weighted by Crippen LogP contribution is 2.33. The number of nitrogens with zero attached hydrogens (tertiary/aromatic N) is 3. The van der Waals surface area contributed by atoms with Gasteiger partial charge in [0, 0.05) is 26.3 Å². The first kappa shape index (κ1) is 14.6. The Morgan fingerprint density at radius 2 is 2.05 bits per heavy atom. The van der Waals surface area contributed by atoms with Crippen LogP contribution in [-0.4, -0.2) is 30.1 Å². The Bertz CT molecular complexity index is 416. The van der Waals surface area contributed by atoms with Crippen LogP contribution in [0.25, 0.3) is 0 Å². The Morgan fingerprint density at radius 1 is 1.37 bits per heavy atom. The predicted octanol–water partition coefficient (Wildman–Crippen LogP) is 3.69. The van der Waals surface area contributed by atoms with Crippen molar-refractivity contribution in [2.45, 2.75) is 45.1 Å². The minimum absolute atomic E-state index is 0.596. The quantitative estimate of drug-likeness (QED) is 0.916. The van der Waals surface area contributed by atoms with E-state index in [1.807, 2.05) is 13.2 Å². The molecule has 0 unspecified atom stereocenters. The van der Waals surface area contributed by atoms with Gasteiger partial charge in [-0.15, -0.1) is 0 Å². The van der Waals surface area contributed by atoms with Gasteiger partial charge in [0.1, 0.15) is 5.82 Å². The summed E-state index contributed by atoms with van der Waals surface area (Å²) in [5.41, 5.74) is 0. The fourth-order valence-electron chi connectivity index (χ4n) is 2.84. The fourth-order valence-corrected chi connectivity index (χ4v) is 3.31. The molecule has 1 aromatic rings. The minimum atomic E-state index is 0.596. The summed E-state index contributed by atoms with van der Waals surface area (Å²) < 4.78 is 0.964. The van der Waals surface area contributed by atoms with Crippen molar-refractivity contribution >= 4 is 27.7 Å². The van der Waals surface area contributed by atoms with Crippen LogP contribution in [0, 0.1) is 5.92 Å². The van der Waals surface area contributed by atoms with Crippen LogP contribution >= 0.6 is 15.9 Å². The van der Waals surface area contributed by atoms with Gasteiger partial charge in [-0.1, -0.05) is 13.3 Å². The molecule has 1 aliphatic carbocycles. The summed E-state index contributed by atoms with van der Waals surface area (Å²) in [6, 6.07) is 0.596. The van der Waals surface area contributed by atoms with E-state index in [2.05, 4.69) is 50.1 Å². The van der Waals surface area contributed by atoms with Crippen LogP contribution in [-0.2, 0) is 0 Å². The second kappa shape index (κ2) is 6.55. The predicted molar refractivity (Wildman–Crippen MR) is 83.7 cm³/mol. The summed E-state index contributed by atoms with van der Waals surface area (Å²) in [6.07, 6.45) is 8.35. The zero-order chi connectivity index (χ0) is 13.8. The maximum Gasteiger partial charge on any atom is 0.224 e. The van der Waals surface area contributed by atoms with Crippen LogP contribution in [0.1, 0.15) is 39.0 Å². The van der Waals surface area contributed by atoms with E-state index in [1.165, 1.54) is 32.1 Å². The van der Waals surface area contributed by atoms with Gasteiger partial charge in [-0.05, 0) is 47.5 Å². The first-order valence-corrected chi connectivity index (χ1v) is 7.88. The number of nitrogens with one attached hydrogen (secondary N) is 1. The molecule has 0 spiro atoms. The molecule has 1 heterocycles. The first-order valence-electron chi connectivity index (χ1n) is 7.08. The van der Waals surface area contributed by atoms with Crippen molar-refractivity contribution in [3.63, 3.8) is 0 Å². The molecule has 19 heavy (non-hydrogen) atoms. The van der Waals surface area contributed by atoms with Crippen molar-refractivity contribution in [2.75, 3.05) is 24.3 Å². The average molecular weight is 327 g/mol. The number of hydrogen-bond acceptors (Lipinski definition) is 4. The minimum Gasteiger partial charge on any atom is -0.357 e. The van der Waals surface area contributed by atoms with E-state index in [0.29, 0.717) is 12.0 Å². The van der Waals surface area contributed by atoms with E-state index < -0.39 is 0 Å². The van der Waals surface area contributed by atoms with Crippen LogP contribution in [0.2, 0.25) is 0 Å². The van der Waals surface area contributed by atoms with Gasteiger partial charge in [-0.3, -0.25) is 0 Å². The lowest BCUT2D eigenvalue weighted by atomic mass is 9.84. The van der Waals surface area contributed by atoms with Crippen LogP contribution in [0.5, 0.6) is 0 Å². The van der Waals surface area contributed by atoms with Crippen molar-refractivity contribution in [2.24, 2.45) is 5.92 Å². The number of halogens is 1. The molecule has 1 fully saturated rings. The summed E-state index contributed by atoms with van der Waals surface area (Å²) in [7, 11) is 3.99. The third-order valence-corrected chi connectivity index (χ3v) is 4.78. The van der Waals surface area contributed by atoms with Gasteiger partial charge in [-0.25, -0.2) is 4.98 Å². The molecule has 5 heteroatoms. The highest BCUT2D eigenvalue weighted by molar-refractivity contribution is 9.10. The molecule has 0 amide bonds. The molecule has 0 saturated heterocycles. The van der Waals surface area contributed by atoms with Gasteiger partial charge < -0.3 is 10.2 Å². The molecule has 0 radical (unpaired) electrons. The second-order valence-corrected chi connectivity index (χ2v) is 6.16. The summed E-state index contributed by atoms with van der Waals surface area (Å²) in [6.45, 7) is 2.30. The molecule has 1 aromatic heterocycles. The second-order valence-electron chi connectivity index (χ2n) is 5.31. The third kappa shape index (κ3) is 3.38. The van der Waals surface area contributed by atoms with E-state index in [4.69, 9.17) is 0 Å². The highest BCUT2D eigenvalue weighted by atomic mass is 79.9. The van der Waals surface area contributed by atoms with Crippen LogP contribution in [0.15, 0.2) is 10.7 Å². The number of hydrogen-bond donors (Lipinski definition) is 1. The van der Waals surface area contributed by atoms with E-state index in [0.717, 1.165) is 16.2 Å². The Hall–Kier alpha value is -0.840. The van der Waals surface area contributed by atoms with E-state index >= 15 is 0 Å². The Kier molecular flexibility index (Phi) is 5.02. The standard InChI is InChI=1S/C14H23BrN4/c1-4-10-5-7-11(8-6-10)19(3)13-12(15)9-17-14(16-2)18-13/h9-11H,4-8H2,1-3H3,(H,16,17,18). The Morgan fingerprint density at radius 3 is 2.63 bits per heavy atom. The van der Waals surface area contributed by atoms with E-state index in [1.54, 1.807) is 0 Å². The van der Waals surface area contributed by atoms with Crippen molar-refractivity contribution in [1.82, 2.24) is 9.97 Å². The molecule has 1 saturated carbocycles. The molecular weight excluding hydrogens is 304 g/mol. The van der Waals surface area contributed by atoms with Gasteiger partial charge >= 0.3 is 0 Å². The smallest absolute Gasteiger partial charge is 0.224 e. The summed E-state index contributed by atoms with van der Waals surface area (Å²) in [5.74, 6) is 2.58. The normalized spacial score (nSPS) is 23.2. The molecule has 0 atom stereocenters. The maximum atomic E-state index is 4.56. The van der Waals surface area contributed by atoms with Crippen LogP contribution in [0.4, 0.5) is 11.8 Å². The zero-order valence-corrected chi connectivity index (χ0v) is 13.6. The van der Waals surface area contributed by atoms with Crippen LogP contribution < -0.4 is 10.2 Å². The molecular formula is C14H23BrN4. The van der Waals surface area contributed by atoms with Crippen LogP contribution in [0.3, 0.4) is 0 Å². The van der Waals surface area contributed by atoms with Crippen molar-refractivity contribution in [3.8, 4) is 0 Å². The lowest BCUT2D eigenvalue weighted by molar-refractivity contribution is 0.313. The molecule has 0 aromatic carbocycles. The van der Waals surface area contributed by atoms with Crippen molar-refractivity contribution in [3.05, 3.63) is 10.7 Å². The number of rotatable bonds is 4. The van der Waals surface area contributed by atoms with Gasteiger partial charge in [0.15, 0.2) is 0 Å². The summed E-state index contributed by atoms with van der Waals surface area (Å²) in [5, 5.41) is 3.00. The maximum absolute atomic E-state index is 4.56. The first-order chi connectivity index (χ1) is 9.15. The fraction of sp³-hybridized carbons (Fsp3) is 0.714. The van der Waals surface area contributed by atoms with E-state index in [9.17, 15) is 0 Å². The number of aromatic nitrogens is 2. The Labute approximate surface area is 124 Å². The van der Waals surface area contributed by atoms with Crippen molar-refractivity contribution in [1.29, 1.82) is 0 Å². The topological polar surface area (TPSA) is 41.1 Å². The largest absolute Gasteiger partial charge is 0.357 e. The molecule has 1 N–H and O–H groups in total. The molecule has 4 nitrogen and oxygen atoms in total. The molecule has 106 valence electrons. The molecule has 1 aliphatic rings. The average Bonchev–Trinajstić information content (AvgIpc) is 2.47. The molecule has 0 aliphatic heterocycles. The summed E-state index contributed by atoms with van der Waals surface area (Å²) in [4.78, 5) is 11.1. The Balaban J connectivity index is 2.09. The van der Waals surface area contributed by atoms with Gasteiger partial charge in [-0.2, -0.15) is 4.98 Å². The zero-order valence-electron chi connectivity index (χ0n) is 12.0. The molecule has 0 bridgehead atoms. The van der Waals surface area contributed by atoms with Crippen molar-refractivity contribution < 1.29 is 0 Å². The summed E-state index contributed by atoms with van der Waals surface area (Å²) >= 11 is 3.56. The third-order valence-electron chi connectivity index (χ3n) is 4.22. The SMILES string of the molecule is CCC1CCC(N(C)c2nc(NC)ncc2Br)CC1. The van der Waals surface area contributed by atoms with Gasteiger partial charge in [0.2, 0.25) is 5.95 Å². The highest BCUT2D eigenvalue weighted by Gasteiger charge is 2.25. The molecule has 2 rings (SSSR count). The lowest BCUT2D eigenvalue weighted by Gasteiger charge is -2.35. The van der Waals surface area contributed by atoms with E-state index in [-0.39, 0.29) is 0 Å².